The van der Waals surface area contributed by atoms with Crippen molar-refractivity contribution >= 4 is 29.0 Å². The number of halogens is 1. The average Bonchev–Trinajstić information content (AvgIpc) is 2.48. The number of pyridine rings is 1. The lowest BCUT2D eigenvalue weighted by Crippen LogP contribution is -2.14. The van der Waals surface area contributed by atoms with Crippen molar-refractivity contribution < 1.29 is 14.1 Å². The fourth-order valence-corrected chi connectivity index (χ4v) is 2.19. The molecular formula is C13H10FN3O3S. The van der Waals surface area contributed by atoms with E-state index < -0.39 is 16.4 Å². The number of rotatable bonds is 5. The number of benzene rings is 1. The van der Waals surface area contributed by atoms with E-state index in [2.05, 4.69) is 10.3 Å². The first-order valence-electron chi connectivity index (χ1n) is 5.83. The highest BCUT2D eigenvalue weighted by Gasteiger charge is 2.15. The molecule has 2 rings (SSSR count). The van der Waals surface area contributed by atoms with Gasteiger partial charge in [-0.15, -0.1) is 11.8 Å². The van der Waals surface area contributed by atoms with Gasteiger partial charge in [-0.3, -0.25) is 19.9 Å². The fraction of sp³-hybridized carbons (Fsp3) is 0.0769. The van der Waals surface area contributed by atoms with Gasteiger partial charge >= 0.3 is 5.69 Å². The smallest absolute Gasteiger partial charge is 0.306 e. The maximum atomic E-state index is 13.2. The zero-order valence-corrected chi connectivity index (χ0v) is 11.5. The number of nitro benzene ring substituents is 1. The van der Waals surface area contributed by atoms with Crippen molar-refractivity contribution in [3.05, 3.63) is 58.7 Å². The molecule has 0 spiro atoms. The minimum Gasteiger partial charge on any atom is -0.325 e. The van der Waals surface area contributed by atoms with Crippen LogP contribution in [0.25, 0.3) is 0 Å². The molecule has 0 bridgehead atoms. The Labute approximate surface area is 123 Å². The van der Waals surface area contributed by atoms with E-state index >= 15 is 0 Å². The molecule has 0 radical (unpaired) electrons. The number of nitrogens with one attached hydrogen (secondary N) is 1. The number of hydrogen-bond donors (Lipinski definition) is 1. The summed E-state index contributed by atoms with van der Waals surface area (Å²) in [4.78, 5) is 26.3. The van der Waals surface area contributed by atoms with Gasteiger partial charge in [-0.25, -0.2) is 0 Å². The third-order valence-electron chi connectivity index (χ3n) is 2.45. The topological polar surface area (TPSA) is 85.1 Å². The van der Waals surface area contributed by atoms with E-state index in [0.29, 0.717) is 0 Å². The Balaban J connectivity index is 1.97. The fourth-order valence-electron chi connectivity index (χ4n) is 1.51. The largest absolute Gasteiger partial charge is 0.325 e. The van der Waals surface area contributed by atoms with Crippen molar-refractivity contribution in [3.8, 4) is 0 Å². The molecular weight excluding hydrogens is 297 g/mol. The van der Waals surface area contributed by atoms with Gasteiger partial charge in [0.2, 0.25) is 11.7 Å². The van der Waals surface area contributed by atoms with Gasteiger partial charge in [0.05, 0.1) is 10.7 Å². The first-order chi connectivity index (χ1) is 10.1. The van der Waals surface area contributed by atoms with Crippen molar-refractivity contribution in [3.63, 3.8) is 0 Å². The van der Waals surface area contributed by atoms with Crippen LogP contribution in [0.1, 0.15) is 0 Å². The van der Waals surface area contributed by atoms with Gasteiger partial charge in [-0.2, -0.15) is 4.39 Å². The number of anilines is 1. The van der Waals surface area contributed by atoms with E-state index in [1.807, 2.05) is 0 Å². The summed E-state index contributed by atoms with van der Waals surface area (Å²) in [5.74, 6) is -1.14. The third-order valence-corrected chi connectivity index (χ3v) is 3.46. The summed E-state index contributed by atoms with van der Waals surface area (Å²) >= 11 is 1.30. The number of amides is 1. The van der Waals surface area contributed by atoms with Gasteiger partial charge in [0.25, 0.3) is 0 Å². The zero-order chi connectivity index (χ0) is 15.2. The molecule has 0 atom stereocenters. The van der Waals surface area contributed by atoms with Crippen molar-refractivity contribution in [1.82, 2.24) is 4.98 Å². The third kappa shape index (κ3) is 4.25. The van der Waals surface area contributed by atoms with Gasteiger partial charge in [0.1, 0.15) is 0 Å². The second-order valence-electron chi connectivity index (χ2n) is 3.94. The van der Waals surface area contributed by atoms with Gasteiger partial charge in [0.15, 0.2) is 0 Å². The Kier molecular flexibility index (Phi) is 4.83. The number of thioether (sulfide) groups is 1. The molecule has 6 nitrogen and oxygen atoms in total. The average molecular weight is 307 g/mol. The Morgan fingerprint density at radius 3 is 2.71 bits per heavy atom. The summed E-state index contributed by atoms with van der Waals surface area (Å²) < 4.78 is 13.2. The number of carbonyl (C=O) groups is 1. The summed E-state index contributed by atoms with van der Waals surface area (Å²) in [6.45, 7) is 0. The molecule has 1 aromatic heterocycles. The van der Waals surface area contributed by atoms with Crippen LogP contribution in [0.15, 0.2) is 47.6 Å². The Bertz CT molecular complexity index is 667. The molecule has 1 aromatic carbocycles. The van der Waals surface area contributed by atoms with E-state index in [-0.39, 0.29) is 17.3 Å². The quantitative estimate of drug-likeness (QED) is 0.521. The van der Waals surface area contributed by atoms with Gasteiger partial charge in [-0.1, -0.05) is 0 Å². The van der Waals surface area contributed by atoms with Crippen LogP contribution in [0, 0.1) is 15.9 Å². The van der Waals surface area contributed by atoms with Crippen LogP contribution in [0.4, 0.5) is 15.8 Å². The predicted molar refractivity (Wildman–Crippen MR) is 76.6 cm³/mol. The number of nitrogens with zero attached hydrogens (tertiary/aromatic N) is 2. The maximum absolute atomic E-state index is 13.2. The van der Waals surface area contributed by atoms with E-state index in [0.717, 1.165) is 17.0 Å². The highest BCUT2D eigenvalue weighted by Crippen LogP contribution is 2.22. The molecule has 1 amide bonds. The highest BCUT2D eigenvalue weighted by molar-refractivity contribution is 8.00. The Morgan fingerprint density at radius 2 is 2.05 bits per heavy atom. The summed E-state index contributed by atoms with van der Waals surface area (Å²) in [7, 11) is 0. The molecule has 1 N–H and O–H groups in total. The second-order valence-corrected chi connectivity index (χ2v) is 4.99. The van der Waals surface area contributed by atoms with Gasteiger partial charge < -0.3 is 5.32 Å². The highest BCUT2D eigenvalue weighted by atomic mass is 32.2. The van der Waals surface area contributed by atoms with E-state index in [4.69, 9.17) is 0 Å². The van der Waals surface area contributed by atoms with Crippen LogP contribution in [0.3, 0.4) is 0 Å². The molecule has 0 unspecified atom stereocenters. The van der Waals surface area contributed by atoms with Crippen LogP contribution in [0.5, 0.6) is 0 Å². The molecule has 0 saturated carbocycles. The molecule has 108 valence electrons. The van der Waals surface area contributed by atoms with Crippen molar-refractivity contribution in [2.24, 2.45) is 0 Å². The summed E-state index contributed by atoms with van der Waals surface area (Å²) in [6.07, 6.45) is 3.23. The lowest BCUT2D eigenvalue weighted by molar-refractivity contribution is -0.387. The Hall–Kier alpha value is -2.48. The molecule has 8 heteroatoms. The van der Waals surface area contributed by atoms with E-state index in [1.54, 1.807) is 24.5 Å². The number of carbonyl (C=O) groups excluding carboxylic acids is 1. The number of hydrogen-bond acceptors (Lipinski definition) is 5. The molecule has 0 aliphatic heterocycles. The number of nitro groups is 1. The van der Waals surface area contributed by atoms with Crippen molar-refractivity contribution in [2.45, 2.75) is 4.90 Å². The maximum Gasteiger partial charge on any atom is 0.306 e. The van der Waals surface area contributed by atoms with E-state index in [1.165, 1.54) is 17.8 Å². The summed E-state index contributed by atoms with van der Waals surface area (Å²) in [5.41, 5.74) is -0.488. The first kappa shape index (κ1) is 14.9. The number of aromatic nitrogens is 1. The van der Waals surface area contributed by atoms with Crippen LogP contribution in [0.2, 0.25) is 0 Å². The van der Waals surface area contributed by atoms with Crippen molar-refractivity contribution in [1.29, 1.82) is 0 Å². The van der Waals surface area contributed by atoms with Gasteiger partial charge in [0, 0.05) is 29.0 Å². The van der Waals surface area contributed by atoms with Gasteiger partial charge in [-0.05, 0) is 24.3 Å². The molecule has 2 aromatic rings. The Morgan fingerprint density at radius 1 is 1.33 bits per heavy atom. The lowest BCUT2D eigenvalue weighted by atomic mass is 10.2. The first-order valence-corrected chi connectivity index (χ1v) is 6.81. The molecule has 21 heavy (non-hydrogen) atoms. The summed E-state index contributed by atoms with van der Waals surface area (Å²) in [5, 5.41) is 13.1. The SMILES string of the molecule is O=C(CSc1ccncc1)Nc1ccc(F)c([N+](=O)[O-])c1. The molecule has 0 aliphatic carbocycles. The molecule has 1 heterocycles. The molecule has 0 aliphatic rings. The summed E-state index contributed by atoms with van der Waals surface area (Å²) in [6, 6.07) is 6.74. The monoisotopic (exact) mass is 307 g/mol. The van der Waals surface area contributed by atoms with Crippen LogP contribution in [-0.2, 0) is 4.79 Å². The van der Waals surface area contributed by atoms with Crippen LogP contribution >= 0.6 is 11.8 Å². The van der Waals surface area contributed by atoms with Crippen molar-refractivity contribution in [2.75, 3.05) is 11.1 Å². The minimum atomic E-state index is -0.941. The molecule has 0 saturated heterocycles. The minimum absolute atomic E-state index is 0.134. The predicted octanol–water partition coefficient (Wildman–Crippen LogP) is 2.86. The molecule has 0 fully saturated rings. The normalized spacial score (nSPS) is 10.1. The standard InChI is InChI=1S/C13H10FN3O3S/c14-11-2-1-9(7-12(11)17(19)20)16-13(18)8-21-10-3-5-15-6-4-10/h1-7H,8H2,(H,16,18). The zero-order valence-electron chi connectivity index (χ0n) is 10.7. The second kappa shape index (κ2) is 6.80. The van der Waals surface area contributed by atoms with E-state index in [9.17, 15) is 19.3 Å². The lowest BCUT2D eigenvalue weighted by Gasteiger charge is -2.05. The van der Waals surface area contributed by atoms with Crippen LogP contribution in [-0.4, -0.2) is 21.6 Å². The van der Waals surface area contributed by atoms with Crippen LogP contribution < -0.4 is 5.32 Å².